The highest BCUT2D eigenvalue weighted by Crippen LogP contribution is 2.18. The zero-order chi connectivity index (χ0) is 18.8. The number of amides is 2. The molecule has 1 fully saturated rings. The summed E-state index contributed by atoms with van der Waals surface area (Å²) in [7, 11) is 1.80. The summed E-state index contributed by atoms with van der Waals surface area (Å²) in [6.45, 7) is 1.64. The second-order valence-electron chi connectivity index (χ2n) is 6.63. The number of hydrogen-bond acceptors (Lipinski definition) is 3. The Morgan fingerprint density at radius 3 is 2.37 bits per heavy atom. The van der Waals surface area contributed by atoms with Crippen LogP contribution >= 0.6 is 0 Å². The minimum absolute atomic E-state index is 0.0486. The number of anilines is 1. The minimum Gasteiger partial charge on any atom is -0.339 e. The highest BCUT2D eigenvalue weighted by Gasteiger charge is 2.20. The summed E-state index contributed by atoms with van der Waals surface area (Å²) < 4.78 is 3.51. The maximum absolute atomic E-state index is 12.7. The van der Waals surface area contributed by atoms with Crippen LogP contribution in [-0.4, -0.2) is 44.2 Å². The SMILES string of the molecule is Cn1ncc(C(=O)Nc2ccc(C(=O)N3CCCC3)cc2)c1-n1cccc1. The lowest BCUT2D eigenvalue weighted by molar-refractivity contribution is 0.0792. The standard InChI is InChI=1S/C20H21N5O2/c1-23-19(24-10-2-3-11-24)17(14-21-23)18(26)22-16-8-6-15(7-9-16)20(27)25-12-4-5-13-25/h2-3,6-11,14H,4-5,12-13H2,1H3,(H,22,26). The van der Waals surface area contributed by atoms with E-state index in [-0.39, 0.29) is 11.8 Å². The first-order chi connectivity index (χ1) is 13.1. The molecule has 3 aromatic rings. The molecule has 0 atom stereocenters. The second-order valence-corrected chi connectivity index (χ2v) is 6.63. The van der Waals surface area contributed by atoms with Crippen LogP contribution in [0.25, 0.3) is 5.82 Å². The highest BCUT2D eigenvalue weighted by atomic mass is 16.2. The van der Waals surface area contributed by atoms with E-state index in [0.29, 0.717) is 22.6 Å². The molecule has 1 aromatic carbocycles. The summed E-state index contributed by atoms with van der Waals surface area (Å²) in [6, 6.07) is 10.8. The summed E-state index contributed by atoms with van der Waals surface area (Å²) in [4.78, 5) is 27.0. The normalized spacial score (nSPS) is 13.7. The zero-order valence-electron chi connectivity index (χ0n) is 15.1. The van der Waals surface area contributed by atoms with Crippen LogP contribution in [0.3, 0.4) is 0 Å². The first kappa shape index (κ1) is 17.1. The van der Waals surface area contributed by atoms with Crippen molar-refractivity contribution in [1.29, 1.82) is 0 Å². The van der Waals surface area contributed by atoms with Gasteiger partial charge in [0.1, 0.15) is 11.4 Å². The Morgan fingerprint density at radius 2 is 1.70 bits per heavy atom. The predicted molar refractivity (Wildman–Crippen MR) is 102 cm³/mol. The zero-order valence-corrected chi connectivity index (χ0v) is 15.1. The molecule has 4 rings (SSSR count). The quantitative estimate of drug-likeness (QED) is 0.775. The van der Waals surface area contributed by atoms with Crippen LogP contribution < -0.4 is 5.32 Å². The first-order valence-electron chi connectivity index (χ1n) is 8.99. The number of likely N-dealkylation sites (tertiary alicyclic amines) is 1. The monoisotopic (exact) mass is 363 g/mol. The fraction of sp³-hybridized carbons (Fsp3) is 0.250. The third kappa shape index (κ3) is 3.36. The Hall–Kier alpha value is -3.35. The molecule has 3 heterocycles. The van der Waals surface area contributed by atoms with Gasteiger partial charge in [0.15, 0.2) is 0 Å². The van der Waals surface area contributed by atoms with Crippen molar-refractivity contribution in [3.63, 3.8) is 0 Å². The molecule has 1 N–H and O–H groups in total. The molecule has 1 aliphatic heterocycles. The van der Waals surface area contributed by atoms with Crippen molar-refractivity contribution in [3.8, 4) is 5.82 Å². The van der Waals surface area contributed by atoms with Gasteiger partial charge in [-0.15, -0.1) is 0 Å². The van der Waals surface area contributed by atoms with Gasteiger partial charge in [-0.2, -0.15) is 5.10 Å². The largest absolute Gasteiger partial charge is 0.339 e. The second kappa shape index (κ2) is 7.11. The van der Waals surface area contributed by atoms with Crippen molar-refractivity contribution >= 4 is 17.5 Å². The van der Waals surface area contributed by atoms with E-state index in [2.05, 4.69) is 10.4 Å². The van der Waals surface area contributed by atoms with Crippen molar-refractivity contribution in [2.24, 2.45) is 7.05 Å². The van der Waals surface area contributed by atoms with E-state index in [1.54, 1.807) is 42.2 Å². The van der Waals surface area contributed by atoms with E-state index >= 15 is 0 Å². The van der Waals surface area contributed by atoms with Crippen LogP contribution in [-0.2, 0) is 7.05 Å². The van der Waals surface area contributed by atoms with E-state index in [1.807, 2.05) is 34.0 Å². The van der Waals surface area contributed by atoms with Gasteiger partial charge >= 0.3 is 0 Å². The smallest absolute Gasteiger partial charge is 0.261 e. The molecule has 1 saturated heterocycles. The van der Waals surface area contributed by atoms with E-state index in [9.17, 15) is 9.59 Å². The third-order valence-corrected chi connectivity index (χ3v) is 4.78. The topological polar surface area (TPSA) is 72.2 Å². The lowest BCUT2D eigenvalue weighted by atomic mass is 10.1. The molecular formula is C20H21N5O2. The first-order valence-corrected chi connectivity index (χ1v) is 8.99. The summed E-state index contributed by atoms with van der Waals surface area (Å²) in [5, 5.41) is 7.08. The van der Waals surface area contributed by atoms with Gasteiger partial charge in [0.25, 0.3) is 11.8 Å². The van der Waals surface area contributed by atoms with E-state index in [1.165, 1.54) is 0 Å². The van der Waals surface area contributed by atoms with E-state index < -0.39 is 0 Å². The number of nitrogens with one attached hydrogen (secondary N) is 1. The average Bonchev–Trinajstić information content (AvgIpc) is 3.43. The molecule has 0 spiro atoms. The molecule has 1 aliphatic rings. The number of benzene rings is 1. The van der Waals surface area contributed by atoms with Crippen LogP contribution in [0.1, 0.15) is 33.6 Å². The summed E-state index contributed by atoms with van der Waals surface area (Å²) in [6.07, 6.45) is 7.42. The number of nitrogens with zero attached hydrogens (tertiary/aromatic N) is 4. The van der Waals surface area contributed by atoms with Crippen LogP contribution in [0.15, 0.2) is 55.0 Å². The molecule has 7 nitrogen and oxygen atoms in total. The Balaban J connectivity index is 1.50. The number of rotatable bonds is 4. The maximum atomic E-state index is 12.7. The van der Waals surface area contributed by atoms with Crippen LogP contribution in [0.4, 0.5) is 5.69 Å². The maximum Gasteiger partial charge on any atom is 0.261 e. The van der Waals surface area contributed by atoms with Crippen molar-refractivity contribution in [1.82, 2.24) is 19.2 Å². The number of aryl methyl sites for hydroxylation is 1. The lowest BCUT2D eigenvalue weighted by Gasteiger charge is -2.15. The number of aromatic nitrogens is 3. The molecule has 2 amide bonds. The molecule has 0 unspecified atom stereocenters. The molecule has 27 heavy (non-hydrogen) atoms. The summed E-state index contributed by atoms with van der Waals surface area (Å²) >= 11 is 0. The third-order valence-electron chi connectivity index (χ3n) is 4.78. The minimum atomic E-state index is -0.245. The van der Waals surface area contributed by atoms with Crippen molar-refractivity contribution in [2.75, 3.05) is 18.4 Å². The van der Waals surface area contributed by atoms with Crippen molar-refractivity contribution < 1.29 is 9.59 Å². The van der Waals surface area contributed by atoms with Crippen LogP contribution in [0.5, 0.6) is 0 Å². The average molecular weight is 363 g/mol. The molecule has 0 bridgehead atoms. The van der Waals surface area contributed by atoms with E-state index in [4.69, 9.17) is 0 Å². The number of carbonyl (C=O) groups excluding carboxylic acids is 2. The fourth-order valence-electron chi connectivity index (χ4n) is 3.37. The van der Waals surface area contributed by atoms with Gasteiger partial charge in [-0.3, -0.25) is 14.3 Å². The highest BCUT2D eigenvalue weighted by molar-refractivity contribution is 6.06. The van der Waals surface area contributed by atoms with Gasteiger partial charge in [0.2, 0.25) is 0 Å². The van der Waals surface area contributed by atoms with Gasteiger partial charge < -0.3 is 14.8 Å². The van der Waals surface area contributed by atoms with Crippen molar-refractivity contribution in [3.05, 3.63) is 66.1 Å². The molecule has 138 valence electrons. The Morgan fingerprint density at radius 1 is 1.04 bits per heavy atom. The van der Waals surface area contributed by atoms with Gasteiger partial charge in [-0.25, -0.2) is 0 Å². The molecule has 0 radical (unpaired) electrons. The predicted octanol–water partition coefficient (Wildman–Crippen LogP) is 2.70. The summed E-state index contributed by atoms with van der Waals surface area (Å²) in [5.74, 6) is 0.497. The van der Waals surface area contributed by atoms with E-state index in [0.717, 1.165) is 25.9 Å². The summed E-state index contributed by atoms with van der Waals surface area (Å²) in [5.41, 5.74) is 1.76. The number of hydrogen-bond donors (Lipinski definition) is 1. The van der Waals surface area contributed by atoms with Crippen LogP contribution in [0, 0.1) is 0 Å². The van der Waals surface area contributed by atoms with Gasteiger partial charge in [0.05, 0.1) is 6.20 Å². The Kier molecular flexibility index (Phi) is 4.50. The fourth-order valence-corrected chi connectivity index (χ4v) is 3.37. The van der Waals surface area contributed by atoms with Gasteiger partial charge in [-0.1, -0.05) is 0 Å². The Bertz CT molecular complexity index is 951. The van der Waals surface area contributed by atoms with Crippen molar-refractivity contribution in [2.45, 2.75) is 12.8 Å². The van der Waals surface area contributed by atoms with Gasteiger partial charge in [0, 0.05) is 43.8 Å². The van der Waals surface area contributed by atoms with Crippen LogP contribution in [0.2, 0.25) is 0 Å². The molecule has 2 aromatic heterocycles. The molecular weight excluding hydrogens is 342 g/mol. The number of carbonyl (C=O) groups is 2. The molecule has 0 saturated carbocycles. The molecule has 7 heteroatoms. The molecule has 0 aliphatic carbocycles. The van der Waals surface area contributed by atoms with Gasteiger partial charge in [-0.05, 0) is 49.2 Å². The lowest BCUT2D eigenvalue weighted by Crippen LogP contribution is -2.27. The Labute approximate surface area is 157 Å².